The fourth-order valence-electron chi connectivity index (χ4n) is 2.40. The number of amides is 1. The number of carbonyl (C=O) groups excluding carboxylic acids is 2. The molecule has 25 heavy (non-hydrogen) atoms. The number of hydrogen-bond donors (Lipinski definition) is 1. The topological polar surface area (TPSA) is 55.4 Å². The van der Waals surface area contributed by atoms with Crippen LogP contribution in [0.4, 0.5) is 5.69 Å². The second kappa shape index (κ2) is 9.62. The molecule has 0 fully saturated rings. The summed E-state index contributed by atoms with van der Waals surface area (Å²) in [5, 5.41) is 2.94. The molecule has 1 amide bonds. The molecule has 0 spiro atoms. The maximum Gasteiger partial charge on any atom is 0.305 e. The van der Waals surface area contributed by atoms with E-state index in [1.165, 1.54) is 0 Å². The van der Waals surface area contributed by atoms with E-state index in [9.17, 15) is 9.59 Å². The van der Waals surface area contributed by atoms with Gasteiger partial charge in [0.1, 0.15) is 0 Å². The second-order valence-corrected chi connectivity index (χ2v) is 6.39. The molecule has 0 heterocycles. The van der Waals surface area contributed by atoms with Crippen LogP contribution in [0.1, 0.15) is 33.1 Å². The summed E-state index contributed by atoms with van der Waals surface area (Å²) >= 11 is 0. The summed E-state index contributed by atoms with van der Waals surface area (Å²) in [7, 11) is 0. The number of anilines is 1. The van der Waals surface area contributed by atoms with Crippen molar-refractivity contribution in [2.75, 3.05) is 11.9 Å². The van der Waals surface area contributed by atoms with Crippen molar-refractivity contribution in [3.8, 4) is 11.1 Å². The average Bonchev–Trinajstić information content (AvgIpc) is 2.61. The van der Waals surface area contributed by atoms with Crippen LogP contribution in [0.15, 0.2) is 54.6 Å². The maximum absolute atomic E-state index is 12.2. The first-order chi connectivity index (χ1) is 12.1. The molecular weight excluding hydrogens is 314 g/mol. The number of rotatable bonds is 8. The molecule has 0 saturated heterocycles. The Kier molecular flexibility index (Phi) is 7.20. The summed E-state index contributed by atoms with van der Waals surface area (Å²) in [5.41, 5.74) is 2.81. The molecule has 1 N–H and O–H groups in total. The molecule has 2 aromatic carbocycles. The summed E-state index contributed by atoms with van der Waals surface area (Å²) in [6, 6.07) is 17.6. The highest BCUT2D eigenvalue weighted by Gasteiger charge is 2.10. The zero-order valence-corrected chi connectivity index (χ0v) is 14.8. The van der Waals surface area contributed by atoms with E-state index in [2.05, 4.69) is 5.32 Å². The predicted molar refractivity (Wildman–Crippen MR) is 100 cm³/mol. The molecule has 4 nitrogen and oxygen atoms in total. The largest absolute Gasteiger partial charge is 0.465 e. The number of benzene rings is 2. The van der Waals surface area contributed by atoms with Crippen LogP contribution in [-0.2, 0) is 14.3 Å². The Hall–Kier alpha value is -2.62. The van der Waals surface area contributed by atoms with Gasteiger partial charge in [-0.15, -0.1) is 0 Å². The third-order valence-corrected chi connectivity index (χ3v) is 3.65. The Balaban J connectivity index is 1.86. The van der Waals surface area contributed by atoms with Crippen molar-refractivity contribution >= 4 is 17.6 Å². The van der Waals surface area contributed by atoms with Gasteiger partial charge in [0.15, 0.2) is 0 Å². The quantitative estimate of drug-likeness (QED) is 0.712. The van der Waals surface area contributed by atoms with E-state index >= 15 is 0 Å². The average molecular weight is 339 g/mol. The standard InChI is InChI=1S/C21H25NO3/c1-16(2)15-25-21(24)14-8-13-20(23)22-19-12-7-6-11-18(19)17-9-4-3-5-10-17/h3-7,9-12,16H,8,13-15H2,1-2H3,(H,22,23). The molecule has 4 heteroatoms. The number of esters is 1. The molecule has 0 aliphatic heterocycles. The molecule has 0 bridgehead atoms. The minimum absolute atomic E-state index is 0.0972. The van der Waals surface area contributed by atoms with Gasteiger partial charge in [0.2, 0.25) is 5.91 Å². The molecule has 0 saturated carbocycles. The van der Waals surface area contributed by atoms with Crippen molar-refractivity contribution in [2.45, 2.75) is 33.1 Å². The summed E-state index contributed by atoms with van der Waals surface area (Å²) in [6.45, 7) is 4.41. The van der Waals surface area contributed by atoms with Crippen LogP contribution in [0, 0.1) is 5.92 Å². The Morgan fingerprint density at radius 2 is 1.64 bits per heavy atom. The number of carbonyl (C=O) groups is 2. The molecular formula is C21H25NO3. The van der Waals surface area contributed by atoms with E-state index in [0.717, 1.165) is 16.8 Å². The van der Waals surface area contributed by atoms with Crippen molar-refractivity contribution in [3.63, 3.8) is 0 Å². The van der Waals surface area contributed by atoms with E-state index < -0.39 is 0 Å². The zero-order chi connectivity index (χ0) is 18.1. The summed E-state index contributed by atoms with van der Waals surface area (Å²) < 4.78 is 5.11. The number of para-hydroxylation sites is 1. The lowest BCUT2D eigenvalue weighted by atomic mass is 10.0. The molecule has 2 aromatic rings. The molecule has 0 atom stereocenters. The minimum atomic E-state index is -0.244. The van der Waals surface area contributed by atoms with E-state index in [1.54, 1.807) is 0 Å². The van der Waals surface area contributed by atoms with Crippen LogP contribution in [0.2, 0.25) is 0 Å². The van der Waals surface area contributed by atoms with Crippen LogP contribution in [0.5, 0.6) is 0 Å². The highest BCUT2D eigenvalue weighted by molar-refractivity contribution is 5.95. The van der Waals surface area contributed by atoms with Crippen molar-refractivity contribution < 1.29 is 14.3 Å². The van der Waals surface area contributed by atoms with Gasteiger partial charge in [-0.25, -0.2) is 0 Å². The van der Waals surface area contributed by atoms with Crippen LogP contribution in [0.3, 0.4) is 0 Å². The van der Waals surface area contributed by atoms with Crippen molar-refractivity contribution in [1.82, 2.24) is 0 Å². The molecule has 0 aliphatic rings. The summed E-state index contributed by atoms with van der Waals surface area (Å²) in [5.74, 6) is -0.0204. The van der Waals surface area contributed by atoms with Gasteiger partial charge in [-0.2, -0.15) is 0 Å². The lowest BCUT2D eigenvalue weighted by Gasteiger charge is -2.11. The third-order valence-electron chi connectivity index (χ3n) is 3.65. The Morgan fingerprint density at radius 1 is 0.960 bits per heavy atom. The number of nitrogens with one attached hydrogen (secondary N) is 1. The van der Waals surface area contributed by atoms with Gasteiger partial charge in [-0.1, -0.05) is 62.4 Å². The van der Waals surface area contributed by atoms with Gasteiger partial charge in [0, 0.05) is 24.1 Å². The Bertz CT molecular complexity index is 695. The first-order valence-electron chi connectivity index (χ1n) is 8.66. The smallest absolute Gasteiger partial charge is 0.305 e. The molecule has 132 valence electrons. The van der Waals surface area contributed by atoms with E-state index in [4.69, 9.17) is 4.74 Å². The fraction of sp³-hybridized carbons (Fsp3) is 0.333. The summed E-state index contributed by atoms with van der Waals surface area (Å²) in [4.78, 5) is 23.8. The van der Waals surface area contributed by atoms with E-state index in [1.807, 2.05) is 68.4 Å². The number of ether oxygens (including phenoxy) is 1. The van der Waals surface area contributed by atoms with Gasteiger partial charge in [0.05, 0.1) is 6.61 Å². The Labute approximate surface area is 149 Å². The van der Waals surface area contributed by atoms with E-state index in [-0.39, 0.29) is 18.3 Å². The van der Waals surface area contributed by atoms with Crippen molar-refractivity contribution in [2.24, 2.45) is 5.92 Å². The Morgan fingerprint density at radius 3 is 2.36 bits per heavy atom. The fourth-order valence-corrected chi connectivity index (χ4v) is 2.40. The lowest BCUT2D eigenvalue weighted by Crippen LogP contribution is -2.14. The third kappa shape index (κ3) is 6.42. The van der Waals surface area contributed by atoms with E-state index in [0.29, 0.717) is 25.4 Å². The van der Waals surface area contributed by atoms with Gasteiger partial charge in [-0.05, 0) is 24.0 Å². The SMILES string of the molecule is CC(C)COC(=O)CCCC(=O)Nc1ccccc1-c1ccccc1. The molecule has 2 rings (SSSR count). The lowest BCUT2D eigenvalue weighted by molar-refractivity contribution is -0.144. The van der Waals surface area contributed by atoms with Gasteiger partial charge >= 0.3 is 5.97 Å². The minimum Gasteiger partial charge on any atom is -0.465 e. The van der Waals surface area contributed by atoms with Crippen LogP contribution in [0.25, 0.3) is 11.1 Å². The molecule has 0 unspecified atom stereocenters. The molecule has 0 aliphatic carbocycles. The normalized spacial score (nSPS) is 10.5. The highest BCUT2D eigenvalue weighted by Crippen LogP contribution is 2.27. The van der Waals surface area contributed by atoms with Gasteiger partial charge in [-0.3, -0.25) is 9.59 Å². The first-order valence-corrected chi connectivity index (χ1v) is 8.66. The zero-order valence-electron chi connectivity index (χ0n) is 14.8. The number of hydrogen-bond acceptors (Lipinski definition) is 3. The molecule has 0 radical (unpaired) electrons. The predicted octanol–water partition coefficient (Wildman–Crippen LogP) is 4.66. The van der Waals surface area contributed by atoms with Crippen LogP contribution < -0.4 is 5.32 Å². The molecule has 0 aromatic heterocycles. The van der Waals surface area contributed by atoms with Crippen LogP contribution >= 0.6 is 0 Å². The summed E-state index contributed by atoms with van der Waals surface area (Å²) in [6.07, 6.45) is 1.04. The van der Waals surface area contributed by atoms with Crippen LogP contribution in [-0.4, -0.2) is 18.5 Å². The first kappa shape index (κ1) is 18.7. The van der Waals surface area contributed by atoms with Gasteiger partial charge in [0.25, 0.3) is 0 Å². The maximum atomic E-state index is 12.2. The van der Waals surface area contributed by atoms with Gasteiger partial charge < -0.3 is 10.1 Å². The van der Waals surface area contributed by atoms with Crippen molar-refractivity contribution in [1.29, 1.82) is 0 Å². The van der Waals surface area contributed by atoms with Crippen molar-refractivity contribution in [3.05, 3.63) is 54.6 Å². The monoisotopic (exact) mass is 339 g/mol. The second-order valence-electron chi connectivity index (χ2n) is 6.39. The highest BCUT2D eigenvalue weighted by atomic mass is 16.5.